The molecule has 2 heterocycles. The Labute approximate surface area is 118 Å². The monoisotopic (exact) mass is 266 g/mol. The lowest BCUT2D eigenvalue weighted by molar-refractivity contribution is 0.136. The van der Waals surface area contributed by atoms with Crippen molar-refractivity contribution < 1.29 is 0 Å². The average molecular weight is 266 g/mol. The maximum atomic E-state index is 4.49. The highest BCUT2D eigenvalue weighted by atomic mass is 15.5. The molecule has 0 unspecified atom stereocenters. The Morgan fingerprint density at radius 1 is 0.900 bits per heavy atom. The van der Waals surface area contributed by atoms with Crippen molar-refractivity contribution in [1.82, 2.24) is 19.6 Å². The highest BCUT2D eigenvalue weighted by molar-refractivity contribution is 5.74. The molecule has 0 atom stereocenters. The molecule has 1 fully saturated rings. The summed E-state index contributed by atoms with van der Waals surface area (Å²) in [6.07, 6.45) is 10.3. The third kappa shape index (κ3) is 1.60. The van der Waals surface area contributed by atoms with E-state index in [1.165, 1.54) is 19.3 Å². The summed E-state index contributed by atoms with van der Waals surface area (Å²) in [5.74, 6) is 0. The summed E-state index contributed by atoms with van der Waals surface area (Å²) in [6.45, 7) is 0. The third-order valence-corrected chi connectivity index (χ3v) is 4.49. The molecule has 102 valence electrons. The van der Waals surface area contributed by atoms with Crippen molar-refractivity contribution in [3.63, 3.8) is 0 Å². The van der Waals surface area contributed by atoms with Gasteiger partial charge in [0.2, 0.25) is 0 Å². The fourth-order valence-corrected chi connectivity index (χ4v) is 3.49. The zero-order valence-electron chi connectivity index (χ0n) is 11.4. The summed E-state index contributed by atoms with van der Waals surface area (Å²) in [4.78, 5) is 0. The first-order chi connectivity index (χ1) is 9.90. The molecule has 1 aliphatic rings. The van der Waals surface area contributed by atoms with Gasteiger partial charge in [0.15, 0.2) is 0 Å². The largest absolute Gasteiger partial charge is 0.329 e. The number of nitrogens with zero attached hydrogens (tertiary/aromatic N) is 4. The van der Waals surface area contributed by atoms with Crippen molar-refractivity contribution in [3.05, 3.63) is 48.8 Å². The fourth-order valence-electron chi connectivity index (χ4n) is 3.49. The zero-order chi connectivity index (χ0) is 13.4. The fraction of sp³-hybridized carbons (Fsp3) is 0.375. The van der Waals surface area contributed by atoms with Crippen LogP contribution in [0.3, 0.4) is 0 Å². The van der Waals surface area contributed by atoms with Gasteiger partial charge in [0.1, 0.15) is 11.2 Å². The molecule has 1 saturated carbocycles. The lowest BCUT2D eigenvalue weighted by atomic mass is 9.88. The van der Waals surface area contributed by atoms with E-state index in [4.69, 9.17) is 0 Å². The van der Waals surface area contributed by atoms with Crippen LogP contribution in [0, 0.1) is 0 Å². The summed E-state index contributed by atoms with van der Waals surface area (Å²) in [5.41, 5.74) is 2.02. The first-order valence-electron chi connectivity index (χ1n) is 7.35. The van der Waals surface area contributed by atoms with Gasteiger partial charge in [-0.2, -0.15) is 0 Å². The van der Waals surface area contributed by atoms with Gasteiger partial charge in [-0.1, -0.05) is 23.8 Å². The molecule has 0 N–H and O–H groups in total. The van der Waals surface area contributed by atoms with Crippen LogP contribution in [-0.4, -0.2) is 19.6 Å². The standard InChI is InChI=1S/C16H18N4/c1-4-10-16(11-5-1,19-12-6-7-13-19)20-15-9-3-2-8-14(15)17-18-20/h2-3,6-9,12-13H,1,4-5,10-11H2. The van der Waals surface area contributed by atoms with Gasteiger partial charge >= 0.3 is 0 Å². The smallest absolute Gasteiger partial charge is 0.139 e. The van der Waals surface area contributed by atoms with Crippen LogP contribution in [0.4, 0.5) is 0 Å². The maximum absolute atomic E-state index is 4.49. The number of hydrogen-bond donors (Lipinski definition) is 0. The molecule has 1 aliphatic carbocycles. The quantitative estimate of drug-likeness (QED) is 0.712. The van der Waals surface area contributed by atoms with E-state index >= 15 is 0 Å². The number of hydrogen-bond acceptors (Lipinski definition) is 2. The number of fused-ring (bicyclic) bond motifs is 1. The minimum Gasteiger partial charge on any atom is -0.329 e. The summed E-state index contributed by atoms with van der Waals surface area (Å²) < 4.78 is 4.45. The van der Waals surface area contributed by atoms with Crippen LogP contribution >= 0.6 is 0 Å². The summed E-state index contributed by atoms with van der Waals surface area (Å²) >= 11 is 0. The van der Waals surface area contributed by atoms with Crippen molar-refractivity contribution in [2.45, 2.75) is 37.8 Å². The molecule has 20 heavy (non-hydrogen) atoms. The van der Waals surface area contributed by atoms with Crippen molar-refractivity contribution in [1.29, 1.82) is 0 Å². The average Bonchev–Trinajstić information content (AvgIpc) is 3.18. The van der Waals surface area contributed by atoms with E-state index in [0.29, 0.717) is 0 Å². The Hall–Kier alpha value is -2.10. The Kier molecular flexibility index (Phi) is 2.62. The Bertz CT molecular complexity index is 705. The molecule has 3 aromatic rings. The highest BCUT2D eigenvalue weighted by Crippen LogP contribution is 2.37. The molecule has 0 saturated heterocycles. The molecular weight excluding hydrogens is 248 g/mol. The van der Waals surface area contributed by atoms with Crippen molar-refractivity contribution in [2.24, 2.45) is 0 Å². The minimum absolute atomic E-state index is 0.0855. The van der Waals surface area contributed by atoms with E-state index in [-0.39, 0.29) is 5.66 Å². The van der Waals surface area contributed by atoms with E-state index in [9.17, 15) is 0 Å². The van der Waals surface area contributed by atoms with Crippen molar-refractivity contribution >= 4 is 11.0 Å². The molecule has 4 heteroatoms. The van der Waals surface area contributed by atoms with Crippen LogP contribution in [0.2, 0.25) is 0 Å². The van der Waals surface area contributed by atoms with Crippen LogP contribution in [0.1, 0.15) is 32.1 Å². The van der Waals surface area contributed by atoms with Crippen LogP contribution < -0.4 is 0 Å². The molecule has 4 rings (SSSR count). The molecule has 0 amide bonds. The zero-order valence-corrected chi connectivity index (χ0v) is 11.4. The second-order valence-corrected chi connectivity index (χ2v) is 5.62. The van der Waals surface area contributed by atoms with Gasteiger partial charge in [0, 0.05) is 12.4 Å². The van der Waals surface area contributed by atoms with Gasteiger partial charge < -0.3 is 4.57 Å². The van der Waals surface area contributed by atoms with Crippen molar-refractivity contribution in [3.8, 4) is 0 Å². The second-order valence-electron chi connectivity index (χ2n) is 5.62. The van der Waals surface area contributed by atoms with Crippen molar-refractivity contribution in [2.75, 3.05) is 0 Å². The van der Waals surface area contributed by atoms with Crippen LogP contribution in [0.25, 0.3) is 11.0 Å². The van der Waals surface area contributed by atoms with Crippen LogP contribution in [-0.2, 0) is 5.66 Å². The predicted octanol–water partition coefficient (Wildman–Crippen LogP) is 3.40. The predicted molar refractivity (Wildman–Crippen MR) is 78.4 cm³/mol. The van der Waals surface area contributed by atoms with Gasteiger partial charge in [0.05, 0.1) is 5.52 Å². The Morgan fingerprint density at radius 2 is 1.65 bits per heavy atom. The van der Waals surface area contributed by atoms with Gasteiger partial charge in [0.25, 0.3) is 0 Å². The molecular formula is C16H18N4. The van der Waals surface area contributed by atoms with E-state index in [2.05, 4.69) is 56.2 Å². The van der Waals surface area contributed by atoms with Gasteiger partial charge in [-0.3, -0.25) is 0 Å². The van der Waals surface area contributed by atoms with Gasteiger partial charge in [-0.25, -0.2) is 4.68 Å². The van der Waals surface area contributed by atoms with Crippen LogP contribution in [0.15, 0.2) is 48.8 Å². The normalized spacial score (nSPS) is 18.4. The topological polar surface area (TPSA) is 35.6 Å². The molecule has 1 aromatic carbocycles. The van der Waals surface area contributed by atoms with E-state index in [1.807, 2.05) is 12.1 Å². The van der Waals surface area contributed by atoms with E-state index < -0.39 is 0 Å². The minimum atomic E-state index is -0.0855. The molecule has 0 spiro atoms. The summed E-state index contributed by atoms with van der Waals surface area (Å²) in [5, 5.41) is 8.84. The Balaban J connectivity index is 1.94. The second kappa shape index (κ2) is 4.47. The first-order valence-corrected chi connectivity index (χ1v) is 7.35. The SMILES string of the molecule is c1ccc2c(c1)nnn2C1(n2cccc2)CCCCC1. The maximum Gasteiger partial charge on any atom is 0.139 e. The van der Waals surface area contributed by atoms with Gasteiger partial charge in [-0.15, -0.1) is 5.10 Å². The van der Waals surface area contributed by atoms with E-state index in [1.54, 1.807) is 0 Å². The van der Waals surface area contributed by atoms with Crippen LogP contribution in [0.5, 0.6) is 0 Å². The third-order valence-electron chi connectivity index (χ3n) is 4.49. The molecule has 0 aliphatic heterocycles. The molecule has 4 nitrogen and oxygen atoms in total. The first kappa shape index (κ1) is 11.7. The Morgan fingerprint density at radius 3 is 2.45 bits per heavy atom. The lowest BCUT2D eigenvalue weighted by Gasteiger charge is -2.39. The van der Waals surface area contributed by atoms with Gasteiger partial charge in [-0.05, 0) is 49.9 Å². The number of benzene rings is 1. The summed E-state index contributed by atoms with van der Waals surface area (Å²) in [6, 6.07) is 12.4. The number of aromatic nitrogens is 4. The lowest BCUT2D eigenvalue weighted by Crippen LogP contribution is -2.43. The van der Waals surface area contributed by atoms with E-state index in [0.717, 1.165) is 23.9 Å². The summed E-state index contributed by atoms with van der Waals surface area (Å²) in [7, 11) is 0. The molecule has 0 bridgehead atoms. The highest BCUT2D eigenvalue weighted by Gasteiger charge is 2.37. The molecule has 2 aromatic heterocycles. The number of rotatable bonds is 2. The molecule has 0 radical (unpaired) electrons. The number of para-hydroxylation sites is 1.